The summed E-state index contributed by atoms with van der Waals surface area (Å²) in [6, 6.07) is 0. The lowest BCUT2D eigenvalue weighted by atomic mass is 9.33. The van der Waals surface area contributed by atoms with Crippen molar-refractivity contribution in [3.8, 4) is 0 Å². The summed E-state index contributed by atoms with van der Waals surface area (Å²) < 4.78 is 5.44. The average molecular weight is 483 g/mol. The Hall–Kier alpha value is -1.45. The molecule has 0 aromatic carbocycles. The predicted octanol–water partition coefficient (Wildman–Crippen LogP) is 6.57. The van der Waals surface area contributed by atoms with Crippen LogP contribution in [0.15, 0.2) is 11.6 Å². The summed E-state index contributed by atoms with van der Waals surface area (Å²) in [5, 5.41) is 0. The zero-order valence-corrected chi connectivity index (χ0v) is 23.3. The number of methoxy groups -OCH3 is 1. The minimum Gasteiger partial charge on any atom is -0.469 e. The van der Waals surface area contributed by atoms with Gasteiger partial charge in [-0.3, -0.25) is 14.4 Å². The highest BCUT2D eigenvalue weighted by molar-refractivity contribution is 5.96. The smallest absolute Gasteiger partial charge is 0.312 e. The lowest BCUT2D eigenvalue weighted by molar-refractivity contribution is -0.193. The molecule has 5 aliphatic rings. The second kappa shape index (κ2) is 7.54. The third kappa shape index (κ3) is 2.89. The molecule has 5 rings (SSSR count). The van der Waals surface area contributed by atoms with Crippen molar-refractivity contribution in [3.63, 3.8) is 0 Å². The molecule has 0 amide bonds. The van der Waals surface area contributed by atoms with Crippen molar-refractivity contribution in [2.24, 2.45) is 56.7 Å². The molecular formula is C31H46O4. The van der Waals surface area contributed by atoms with Gasteiger partial charge in [0, 0.05) is 17.8 Å². The van der Waals surface area contributed by atoms with E-state index in [0.717, 1.165) is 44.9 Å². The number of carbonyl (C=O) groups is 3. The van der Waals surface area contributed by atoms with Gasteiger partial charge in [0.2, 0.25) is 0 Å². The van der Waals surface area contributed by atoms with Gasteiger partial charge in [0.15, 0.2) is 5.78 Å². The average Bonchev–Trinajstić information content (AvgIpc) is 2.79. The first-order chi connectivity index (χ1) is 16.2. The molecule has 0 bridgehead atoms. The molecule has 4 heteroatoms. The van der Waals surface area contributed by atoms with E-state index in [0.29, 0.717) is 24.0 Å². The highest BCUT2D eigenvalue weighted by Crippen LogP contribution is 2.75. The number of hydrogen-bond donors (Lipinski definition) is 0. The first-order valence-electron chi connectivity index (χ1n) is 14.1. The molecule has 5 aliphatic carbocycles. The number of esters is 1. The van der Waals surface area contributed by atoms with Crippen molar-refractivity contribution in [1.29, 1.82) is 0 Å². The summed E-state index contributed by atoms with van der Waals surface area (Å²) in [6.45, 7) is 16.0. The van der Waals surface area contributed by atoms with Gasteiger partial charge in [0.1, 0.15) is 5.78 Å². The Balaban J connectivity index is 1.67. The van der Waals surface area contributed by atoms with E-state index < -0.39 is 5.41 Å². The van der Waals surface area contributed by atoms with Gasteiger partial charge in [-0.05, 0) is 90.9 Å². The number of rotatable bonds is 1. The standard InChI is InChI=1S/C31H46O4/c1-18-9-14-31(26(34)35-8)16-15-29(6)20(24(31)19(18)2)17-21(32)25-28(5)12-11-23(33)27(3,4)22(28)10-13-30(25,29)7/h17-19,22,24-25H,9-16H2,1-8H3/t18-,19+,22+,24+,25-,28+,29-,30-,31+/m1/s1. The van der Waals surface area contributed by atoms with Crippen LogP contribution >= 0.6 is 0 Å². The zero-order chi connectivity index (χ0) is 25.8. The topological polar surface area (TPSA) is 60.4 Å². The Morgan fingerprint density at radius 2 is 1.63 bits per heavy atom. The van der Waals surface area contributed by atoms with Gasteiger partial charge < -0.3 is 4.74 Å². The summed E-state index contributed by atoms with van der Waals surface area (Å²) in [7, 11) is 1.52. The van der Waals surface area contributed by atoms with Crippen molar-refractivity contribution >= 4 is 17.5 Å². The van der Waals surface area contributed by atoms with Gasteiger partial charge in [-0.25, -0.2) is 0 Å². The lowest BCUT2D eigenvalue weighted by Crippen LogP contribution is -2.67. The molecule has 9 atom stereocenters. The molecule has 0 radical (unpaired) electrons. The third-order valence-electron chi connectivity index (χ3n) is 13.1. The number of ether oxygens (including phenoxy) is 1. The van der Waals surface area contributed by atoms with Crippen LogP contribution in [-0.4, -0.2) is 24.6 Å². The van der Waals surface area contributed by atoms with Crippen LogP contribution in [0.25, 0.3) is 0 Å². The first-order valence-corrected chi connectivity index (χ1v) is 14.1. The van der Waals surface area contributed by atoms with Crippen LogP contribution in [0.3, 0.4) is 0 Å². The molecule has 0 N–H and O–H groups in total. The van der Waals surface area contributed by atoms with E-state index in [4.69, 9.17) is 4.74 Å². The van der Waals surface area contributed by atoms with Crippen molar-refractivity contribution in [3.05, 3.63) is 11.6 Å². The van der Waals surface area contributed by atoms with E-state index in [9.17, 15) is 14.4 Å². The summed E-state index contributed by atoms with van der Waals surface area (Å²) in [5.41, 5.74) is -0.105. The molecule has 0 aromatic heterocycles. The number of carbonyl (C=O) groups excluding carboxylic acids is 3. The Morgan fingerprint density at radius 3 is 2.29 bits per heavy atom. The molecule has 0 aromatic rings. The Labute approximate surface area is 212 Å². The fraction of sp³-hybridized carbons (Fsp3) is 0.839. The van der Waals surface area contributed by atoms with Crippen LogP contribution in [0.5, 0.6) is 0 Å². The van der Waals surface area contributed by atoms with Crippen LogP contribution in [0.4, 0.5) is 0 Å². The third-order valence-corrected chi connectivity index (χ3v) is 13.1. The molecule has 4 nitrogen and oxygen atoms in total. The molecule has 194 valence electrons. The minimum absolute atomic E-state index is 0.0640. The van der Waals surface area contributed by atoms with Crippen LogP contribution in [0.2, 0.25) is 0 Å². The maximum Gasteiger partial charge on any atom is 0.312 e. The van der Waals surface area contributed by atoms with Crippen molar-refractivity contribution in [1.82, 2.24) is 0 Å². The van der Waals surface area contributed by atoms with Gasteiger partial charge >= 0.3 is 5.97 Å². The molecule has 4 saturated carbocycles. The molecule has 35 heavy (non-hydrogen) atoms. The van der Waals surface area contributed by atoms with E-state index in [1.165, 1.54) is 12.7 Å². The molecule has 0 heterocycles. The molecule has 0 unspecified atom stereocenters. The SMILES string of the molecule is COC(=O)[C@]12CC[C@@H](C)[C@H](C)[C@H]1C1=CC(=O)[C@@H]3[C@@]4(C)CCC(=O)C(C)(C)[C@@H]4CC[C@@]3(C)[C@]1(C)CC2. The zero-order valence-electron chi connectivity index (χ0n) is 23.3. The van der Waals surface area contributed by atoms with Crippen LogP contribution < -0.4 is 0 Å². The first kappa shape index (κ1) is 25.2. The quantitative estimate of drug-likeness (QED) is 0.397. The van der Waals surface area contributed by atoms with Crippen molar-refractivity contribution < 1.29 is 19.1 Å². The number of fused-ring (bicyclic) bond motifs is 7. The van der Waals surface area contributed by atoms with E-state index >= 15 is 0 Å². The minimum atomic E-state index is -0.504. The summed E-state index contributed by atoms with van der Waals surface area (Å²) in [6.07, 6.45) is 9.03. The van der Waals surface area contributed by atoms with Gasteiger partial charge in [0.05, 0.1) is 12.5 Å². The fourth-order valence-electron chi connectivity index (χ4n) is 10.7. The largest absolute Gasteiger partial charge is 0.469 e. The Kier molecular flexibility index (Phi) is 5.43. The normalized spacial score (nSPS) is 50.7. The lowest BCUT2D eigenvalue weighted by Gasteiger charge is -2.70. The Morgan fingerprint density at radius 1 is 0.943 bits per heavy atom. The molecule has 0 spiro atoms. The van der Waals surface area contributed by atoms with Crippen LogP contribution in [0.1, 0.15) is 99.8 Å². The monoisotopic (exact) mass is 482 g/mol. The predicted molar refractivity (Wildman–Crippen MR) is 136 cm³/mol. The van der Waals surface area contributed by atoms with E-state index in [1.807, 2.05) is 6.08 Å². The van der Waals surface area contributed by atoms with E-state index in [2.05, 4.69) is 48.5 Å². The molecular weight excluding hydrogens is 436 g/mol. The van der Waals surface area contributed by atoms with Gasteiger partial charge in [-0.15, -0.1) is 0 Å². The summed E-state index contributed by atoms with van der Waals surface area (Å²) in [4.78, 5) is 40.6. The van der Waals surface area contributed by atoms with Gasteiger partial charge in [0.25, 0.3) is 0 Å². The maximum absolute atomic E-state index is 14.3. The van der Waals surface area contributed by atoms with Crippen LogP contribution in [0, 0.1) is 56.7 Å². The Bertz CT molecular complexity index is 1010. The fourth-order valence-corrected chi connectivity index (χ4v) is 10.7. The number of ketones is 2. The number of Topliss-reactive ketones (excluding diaryl/α,β-unsaturated/α-hetero) is 1. The summed E-state index contributed by atoms with van der Waals surface area (Å²) in [5.74, 6) is 1.62. The molecule has 4 fully saturated rings. The number of hydrogen-bond acceptors (Lipinski definition) is 4. The molecule has 0 aliphatic heterocycles. The van der Waals surface area contributed by atoms with Gasteiger partial charge in [-0.2, -0.15) is 0 Å². The van der Waals surface area contributed by atoms with Crippen LogP contribution in [-0.2, 0) is 19.1 Å². The highest BCUT2D eigenvalue weighted by Gasteiger charge is 2.71. The van der Waals surface area contributed by atoms with E-state index in [-0.39, 0.29) is 51.2 Å². The summed E-state index contributed by atoms with van der Waals surface area (Å²) >= 11 is 0. The highest BCUT2D eigenvalue weighted by atomic mass is 16.5. The maximum atomic E-state index is 14.3. The second-order valence-corrected chi connectivity index (χ2v) is 14.4. The molecule has 0 saturated heterocycles. The second-order valence-electron chi connectivity index (χ2n) is 14.4. The van der Waals surface area contributed by atoms with Gasteiger partial charge in [-0.1, -0.05) is 54.0 Å². The van der Waals surface area contributed by atoms with Crippen molar-refractivity contribution in [2.75, 3.05) is 7.11 Å². The van der Waals surface area contributed by atoms with Crippen molar-refractivity contribution in [2.45, 2.75) is 99.8 Å². The number of allylic oxidation sites excluding steroid dienone is 2. The van der Waals surface area contributed by atoms with E-state index in [1.54, 1.807) is 0 Å².